The minimum atomic E-state index is -1.42. The van der Waals surface area contributed by atoms with E-state index in [1.165, 1.54) is 0 Å². The average Bonchev–Trinajstić information content (AvgIpc) is 2.78. The van der Waals surface area contributed by atoms with Crippen molar-refractivity contribution in [1.29, 1.82) is 0 Å². The largest absolute Gasteiger partial charge is 0.595 e. The molecule has 1 aliphatic heterocycles. The van der Waals surface area contributed by atoms with Crippen LogP contribution in [0.15, 0.2) is 47.1 Å². The van der Waals surface area contributed by atoms with Crippen molar-refractivity contribution in [3.8, 4) is 5.75 Å². The topological polar surface area (TPSA) is 117 Å². The Morgan fingerprint density at radius 3 is 2.53 bits per heavy atom. The molecule has 2 atom stereocenters. The van der Waals surface area contributed by atoms with E-state index in [1.807, 2.05) is 0 Å². The summed E-state index contributed by atoms with van der Waals surface area (Å²) in [6.07, 6.45) is 0.820. The summed E-state index contributed by atoms with van der Waals surface area (Å²) in [5, 5.41) is 38.8. The summed E-state index contributed by atoms with van der Waals surface area (Å²) >= 11 is 5.43. The molecule has 0 fully saturated rings. The van der Waals surface area contributed by atoms with Crippen LogP contribution in [0.5, 0.6) is 5.75 Å². The minimum Gasteiger partial charge on any atom is -0.595 e. The third-order valence-electron chi connectivity index (χ3n) is 2.30. The number of halogens is 1. The number of quaternary nitrogens is 2. The lowest BCUT2D eigenvalue weighted by Crippen LogP contribution is -3.04. The van der Waals surface area contributed by atoms with Gasteiger partial charge >= 0.3 is 0 Å². The summed E-state index contributed by atoms with van der Waals surface area (Å²) in [6.45, 7) is 0. The van der Waals surface area contributed by atoms with Gasteiger partial charge in [-0.15, -0.1) is 0 Å². The lowest BCUT2D eigenvalue weighted by Gasteiger charge is -2.15. The predicted octanol–water partition coefficient (Wildman–Crippen LogP) is -0.716. The van der Waals surface area contributed by atoms with Gasteiger partial charge in [-0.05, 0) is 23.7 Å². The molecule has 1 heterocycles. The molecule has 102 valence electrons. The van der Waals surface area contributed by atoms with Crippen molar-refractivity contribution in [1.82, 2.24) is 0 Å². The Kier molecular flexibility index (Phi) is 4.02. The van der Waals surface area contributed by atoms with Gasteiger partial charge in [-0.3, -0.25) is 0 Å². The zero-order valence-electron chi connectivity index (χ0n) is 9.38. The number of hydrogen-bond donors (Lipinski definition) is 5. The maximum absolute atomic E-state index is 11.1. The van der Waals surface area contributed by atoms with Crippen molar-refractivity contribution < 1.29 is 25.6 Å². The molecule has 19 heavy (non-hydrogen) atoms. The third-order valence-corrected chi connectivity index (χ3v) is 2.57. The first-order valence-corrected chi connectivity index (χ1v) is 5.49. The molecule has 1 aliphatic rings. The fourth-order valence-electron chi connectivity index (χ4n) is 1.45. The highest BCUT2D eigenvalue weighted by molar-refractivity contribution is 6.28. The second kappa shape index (κ2) is 5.55. The molecule has 0 aliphatic carbocycles. The molecule has 1 aromatic rings. The van der Waals surface area contributed by atoms with Crippen LogP contribution in [0.3, 0.4) is 0 Å². The van der Waals surface area contributed by atoms with Crippen LogP contribution in [-0.4, -0.2) is 10.4 Å². The van der Waals surface area contributed by atoms with Crippen molar-refractivity contribution in [3.05, 3.63) is 57.5 Å². The second-order valence-electron chi connectivity index (χ2n) is 3.57. The number of fused-ring (bicyclic) bond motifs is 1. The van der Waals surface area contributed by atoms with Gasteiger partial charge in [0.15, 0.2) is 5.75 Å². The van der Waals surface area contributed by atoms with E-state index in [-0.39, 0.29) is 11.6 Å². The smallest absolute Gasteiger partial charge is 0.264 e. The first-order chi connectivity index (χ1) is 8.99. The molecule has 2 unspecified atom stereocenters. The Morgan fingerprint density at radius 1 is 1.26 bits per heavy atom. The lowest BCUT2D eigenvalue weighted by molar-refractivity contribution is -1.02. The molecule has 0 aromatic heterocycles. The summed E-state index contributed by atoms with van der Waals surface area (Å²) < 4.78 is 5.30. The van der Waals surface area contributed by atoms with Gasteiger partial charge in [-0.25, -0.2) is 10.4 Å². The van der Waals surface area contributed by atoms with Crippen molar-refractivity contribution in [2.45, 2.75) is 0 Å². The van der Waals surface area contributed by atoms with Crippen LogP contribution in [0.2, 0.25) is 0 Å². The average molecular weight is 288 g/mol. The zero-order valence-corrected chi connectivity index (χ0v) is 10.1. The first kappa shape index (κ1) is 13.8. The van der Waals surface area contributed by atoms with Gasteiger partial charge in [0.05, 0.1) is 11.8 Å². The van der Waals surface area contributed by atoms with Gasteiger partial charge in [-0.1, -0.05) is 12.1 Å². The van der Waals surface area contributed by atoms with Gasteiger partial charge in [0, 0.05) is 0 Å². The Labute approximate surface area is 112 Å². The Bertz CT molecular complexity index is 517. The Morgan fingerprint density at radius 2 is 1.95 bits per heavy atom. The maximum atomic E-state index is 11.1. The van der Waals surface area contributed by atoms with Crippen molar-refractivity contribution >= 4 is 17.3 Å². The van der Waals surface area contributed by atoms with Crippen LogP contribution in [0.4, 0.5) is 5.69 Å². The SMILES string of the molecule is [O-][NH+](O)C(/C=C(/Cl)[NH+]([O-])O)=C1/Nc2ccccc2O1. The number of ether oxygens (including phenoxy) is 1. The Hall–Kier alpha value is -1.65. The Balaban J connectivity index is 2.36. The van der Waals surface area contributed by atoms with Crippen molar-refractivity contribution in [2.75, 3.05) is 5.32 Å². The molecule has 0 saturated carbocycles. The molecule has 0 radical (unpaired) electrons. The number of hydroxylamine groups is 4. The van der Waals surface area contributed by atoms with Gasteiger partial charge < -0.3 is 20.5 Å². The van der Waals surface area contributed by atoms with Crippen LogP contribution in [-0.2, 0) is 0 Å². The molecule has 5 N–H and O–H groups in total. The molecular formula is C10H10ClN3O5. The highest BCUT2D eigenvalue weighted by Gasteiger charge is 2.24. The zero-order chi connectivity index (χ0) is 14.0. The number of para-hydroxylation sites is 2. The van der Waals surface area contributed by atoms with Gasteiger partial charge in [0.1, 0.15) is 0 Å². The van der Waals surface area contributed by atoms with Crippen LogP contribution in [0, 0.1) is 10.4 Å². The van der Waals surface area contributed by atoms with E-state index in [0.717, 1.165) is 6.08 Å². The fraction of sp³-hybridized carbons (Fsp3) is 0. The van der Waals surface area contributed by atoms with E-state index in [9.17, 15) is 10.4 Å². The van der Waals surface area contributed by atoms with E-state index >= 15 is 0 Å². The molecule has 0 spiro atoms. The molecule has 2 rings (SSSR count). The summed E-state index contributed by atoms with van der Waals surface area (Å²) in [5.41, 5.74) is 0.222. The number of allylic oxidation sites excluding steroid dienone is 1. The highest BCUT2D eigenvalue weighted by atomic mass is 35.5. The van der Waals surface area contributed by atoms with Gasteiger partial charge in [0.2, 0.25) is 10.9 Å². The van der Waals surface area contributed by atoms with Crippen LogP contribution >= 0.6 is 11.6 Å². The standard InChI is InChI=1S/C10H10ClN3O5/c11-9(14(17)18)5-7(13(15)16)10-12-6-3-1-2-4-8(6)19-10/h1-5,12-15,17H/b9-5-,10-7-. The predicted molar refractivity (Wildman–Crippen MR) is 63.9 cm³/mol. The molecule has 0 saturated heterocycles. The number of nitrogens with one attached hydrogen (secondary N) is 3. The molecular weight excluding hydrogens is 278 g/mol. The fourth-order valence-corrected chi connectivity index (χ4v) is 1.56. The number of benzene rings is 1. The monoisotopic (exact) mass is 287 g/mol. The van der Waals surface area contributed by atoms with Crippen molar-refractivity contribution in [2.24, 2.45) is 0 Å². The normalized spacial score (nSPS) is 20.2. The van der Waals surface area contributed by atoms with E-state index in [1.54, 1.807) is 24.3 Å². The van der Waals surface area contributed by atoms with Crippen LogP contribution in [0.25, 0.3) is 0 Å². The molecule has 1 aromatic carbocycles. The second-order valence-corrected chi connectivity index (χ2v) is 3.98. The van der Waals surface area contributed by atoms with E-state index in [0.29, 0.717) is 11.4 Å². The summed E-state index contributed by atoms with van der Waals surface area (Å²) in [7, 11) is 0. The number of hydrogen-bond acceptors (Lipinski definition) is 6. The molecule has 0 bridgehead atoms. The van der Waals surface area contributed by atoms with Gasteiger partial charge in [-0.2, -0.15) is 10.5 Å². The first-order valence-electron chi connectivity index (χ1n) is 5.11. The number of rotatable bonds is 3. The van der Waals surface area contributed by atoms with E-state index in [2.05, 4.69) is 5.32 Å². The molecule has 9 heteroatoms. The summed E-state index contributed by atoms with van der Waals surface area (Å²) in [6, 6.07) is 6.82. The molecule has 8 nitrogen and oxygen atoms in total. The quantitative estimate of drug-likeness (QED) is 0.370. The highest BCUT2D eigenvalue weighted by Crippen LogP contribution is 2.33. The third kappa shape index (κ3) is 3.03. The van der Waals surface area contributed by atoms with E-state index in [4.69, 9.17) is 26.8 Å². The lowest BCUT2D eigenvalue weighted by atomic mass is 10.3. The molecule has 0 amide bonds. The maximum Gasteiger partial charge on any atom is 0.264 e. The van der Waals surface area contributed by atoms with Crippen LogP contribution < -0.4 is 20.5 Å². The van der Waals surface area contributed by atoms with E-state index < -0.39 is 15.6 Å². The van der Waals surface area contributed by atoms with Gasteiger partial charge in [0.25, 0.3) is 5.88 Å². The summed E-state index contributed by atoms with van der Waals surface area (Å²) in [5.74, 6) is 0.379. The number of anilines is 1. The summed E-state index contributed by atoms with van der Waals surface area (Å²) in [4.78, 5) is 0. The minimum absolute atomic E-state index is 0.0758. The van der Waals surface area contributed by atoms with Crippen molar-refractivity contribution in [3.63, 3.8) is 0 Å². The van der Waals surface area contributed by atoms with Crippen LogP contribution in [0.1, 0.15) is 0 Å².